The summed E-state index contributed by atoms with van der Waals surface area (Å²) in [6.45, 7) is 5.65. The quantitative estimate of drug-likeness (QED) is 0.242. The Bertz CT molecular complexity index is 1200. The van der Waals surface area contributed by atoms with Crippen molar-refractivity contribution >= 4 is 39.4 Å². The largest absolute Gasteiger partial charge is 0.423 e. The van der Waals surface area contributed by atoms with Crippen molar-refractivity contribution in [3.8, 4) is 5.75 Å². The molecule has 0 aliphatic rings. The minimum absolute atomic E-state index is 0.476. The molecule has 0 unspecified atom stereocenters. The Balaban J connectivity index is 1.99. The summed E-state index contributed by atoms with van der Waals surface area (Å²) in [5.74, 6) is 0.0385. The lowest BCUT2D eigenvalue weighted by atomic mass is 9.88. The maximum Gasteiger partial charge on any atom is 0.335 e. The molecule has 0 saturated heterocycles. The fraction of sp³-hybridized carbons (Fsp3) is 0.0833. The number of nitrogens with zero attached hydrogens (tertiary/aromatic N) is 1. The fourth-order valence-corrected chi connectivity index (χ4v) is 4.14. The summed E-state index contributed by atoms with van der Waals surface area (Å²) < 4.78 is 5.57. The lowest BCUT2D eigenvalue weighted by Gasteiger charge is -2.18. The van der Waals surface area contributed by atoms with Crippen molar-refractivity contribution in [2.45, 2.75) is 13.3 Å². The monoisotopic (exact) mass is 400 g/mol. The van der Waals surface area contributed by atoms with Gasteiger partial charge in [-0.1, -0.05) is 37.8 Å². The van der Waals surface area contributed by atoms with E-state index in [1.54, 1.807) is 11.3 Å². The molecule has 0 bridgehead atoms. The van der Waals surface area contributed by atoms with Gasteiger partial charge < -0.3 is 4.74 Å². The third-order valence-corrected chi connectivity index (χ3v) is 5.47. The van der Waals surface area contributed by atoms with Crippen LogP contribution in [0.15, 0.2) is 78.1 Å². The van der Waals surface area contributed by atoms with Crippen LogP contribution in [-0.4, -0.2) is 16.2 Å². The number of benzene rings is 2. The highest BCUT2D eigenvalue weighted by Gasteiger charge is 2.18. The molecule has 4 nitrogen and oxygen atoms in total. The molecule has 29 heavy (non-hydrogen) atoms. The van der Waals surface area contributed by atoms with Gasteiger partial charge in [0.1, 0.15) is 5.75 Å². The van der Waals surface area contributed by atoms with E-state index in [0.29, 0.717) is 5.75 Å². The number of aromatic amines is 1. The average molecular weight is 401 g/mol. The lowest BCUT2D eigenvalue weighted by molar-refractivity contribution is -0.128. The normalized spacial score (nSPS) is 11.9. The van der Waals surface area contributed by atoms with Crippen LogP contribution < -0.4 is 4.74 Å². The van der Waals surface area contributed by atoms with Gasteiger partial charge >= 0.3 is 5.97 Å². The molecule has 0 saturated carbocycles. The van der Waals surface area contributed by atoms with E-state index in [1.807, 2.05) is 36.5 Å². The summed E-state index contributed by atoms with van der Waals surface area (Å²) in [6, 6.07) is 16.0. The molecule has 0 aliphatic heterocycles. The molecule has 0 aliphatic carbocycles. The number of para-hydroxylation sites is 1. The minimum Gasteiger partial charge on any atom is -0.423 e. The molecule has 144 valence electrons. The van der Waals surface area contributed by atoms with Crippen molar-refractivity contribution in [3.63, 3.8) is 0 Å². The summed E-state index contributed by atoms with van der Waals surface area (Å²) >= 11 is 1.67. The lowest BCUT2D eigenvalue weighted by Crippen LogP contribution is -2.06. The molecule has 2 aromatic heterocycles. The number of hydrogen-bond donors (Lipinski definition) is 1. The fourth-order valence-electron chi connectivity index (χ4n) is 3.46. The molecule has 1 N–H and O–H groups in total. The first-order chi connectivity index (χ1) is 14.2. The van der Waals surface area contributed by atoms with Gasteiger partial charge in [0, 0.05) is 17.0 Å². The molecule has 0 atom stereocenters. The van der Waals surface area contributed by atoms with E-state index < -0.39 is 5.97 Å². The van der Waals surface area contributed by atoms with Gasteiger partial charge in [-0.2, -0.15) is 16.4 Å². The van der Waals surface area contributed by atoms with Gasteiger partial charge in [0.2, 0.25) is 0 Å². The van der Waals surface area contributed by atoms with Crippen LogP contribution in [0, 0.1) is 0 Å². The first kappa shape index (κ1) is 18.9. The second-order valence-electron chi connectivity index (χ2n) is 6.51. The van der Waals surface area contributed by atoms with E-state index in [4.69, 9.17) is 4.74 Å². The highest BCUT2D eigenvalue weighted by atomic mass is 32.1. The van der Waals surface area contributed by atoms with Gasteiger partial charge in [0.05, 0.1) is 11.7 Å². The summed E-state index contributed by atoms with van der Waals surface area (Å²) in [6.07, 6.45) is 3.83. The average Bonchev–Trinajstić information content (AvgIpc) is 3.44. The zero-order chi connectivity index (χ0) is 20.2. The standard InChI is InChI=1S/C24H20N2O2S/c1-3-19(17-11-12-29-15-17)24(16-9-10-21-18(13-16)14-25-26-21)20-7-5-6-8-22(20)28-23(27)4-2/h4-15H,2-3H2,1H3,(H,25,26)/b24-19+. The summed E-state index contributed by atoms with van der Waals surface area (Å²) in [5.41, 5.74) is 6.30. The number of hydrogen-bond acceptors (Lipinski definition) is 4. The van der Waals surface area contributed by atoms with Crippen LogP contribution in [0.25, 0.3) is 22.0 Å². The van der Waals surface area contributed by atoms with Gasteiger partial charge in [0.15, 0.2) is 0 Å². The van der Waals surface area contributed by atoms with Crippen molar-refractivity contribution in [1.29, 1.82) is 0 Å². The van der Waals surface area contributed by atoms with Crippen LogP contribution in [0.2, 0.25) is 0 Å². The topological polar surface area (TPSA) is 55.0 Å². The Morgan fingerprint density at radius 2 is 2.07 bits per heavy atom. The number of ether oxygens (including phenoxy) is 1. The SMILES string of the molecule is C=CC(=O)Oc1ccccc1/C(=C(\CC)c1ccsc1)c1ccc2[nH]ncc2c1. The molecular weight excluding hydrogens is 380 g/mol. The Morgan fingerprint density at radius 3 is 2.83 bits per heavy atom. The number of fused-ring (bicyclic) bond motifs is 1. The highest BCUT2D eigenvalue weighted by molar-refractivity contribution is 7.08. The van der Waals surface area contributed by atoms with Gasteiger partial charge in [-0.05, 0) is 63.7 Å². The first-order valence-electron chi connectivity index (χ1n) is 9.34. The van der Waals surface area contributed by atoms with Crippen LogP contribution >= 0.6 is 11.3 Å². The van der Waals surface area contributed by atoms with Crippen LogP contribution in [0.5, 0.6) is 5.75 Å². The first-order valence-corrected chi connectivity index (χ1v) is 10.3. The predicted molar refractivity (Wildman–Crippen MR) is 119 cm³/mol. The van der Waals surface area contributed by atoms with Crippen molar-refractivity contribution in [3.05, 3.63) is 94.8 Å². The molecule has 0 amide bonds. The number of allylic oxidation sites excluding steroid dienone is 1. The van der Waals surface area contributed by atoms with Crippen molar-refractivity contribution in [1.82, 2.24) is 10.2 Å². The smallest absolute Gasteiger partial charge is 0.335 e. The van der Waals surface area contributed by atoms with E-state index in [-0.39, 0.29) is 0 Å². The molecule has 2 heterocycles. The number of carbonyl (C=O) groups excluding carboxylic acids is 1. The van der Waals surface area contributed by atoms with E-state index in [0.717, 1.165) is 34.0 Å². The Morgan fingerprint density at radius 1 is 1.21 bits per heavy atom. The Labute approximate surface area is 173 Å². The number of aromatic nitrogens is 2. The van der Waals surface area contributed by atoms with Gasteiger partial charge in [-0.15, -0.1) is 0 Å². The molecule has 2 aromatic carbocycles. The van der Waals surface area contributed by atoms with Crippen LogP contribution in [0.3, 0.4) is 0 Å². The van der Waals surface area contributed by atoms with E-state index >= 15 is 0 Å². The maximum atomic E-state index is 11.9. The van der Waals surface area contributed by atoms with Crippen LogP contribution in [-0.2, 0) is 4.79 Å². The molecule has 0 fully saturated rings. The zero-order valence-corrected chi connectivity index (χ0v) is 16.8. The Kier molecular flexibility index (Phi) is 5.40. The van der Waals surface area contributed by atoms with Crippen LogP contribution in [0.1, 0.15) is 30.0 Å². The molecule has 5 heteroatoms. The number of carbonyl (C=O) groups is 1. The predicted octanol–water partition coefficient (Wildman–Crippen LogP) is 6.08. The summed E-state index contributed by atoms with van der Waals surface area (Å²) in [4.78, 5) is 11.9. The van der Waals surface area contributed by atoms with E-state index in [1.165, 1.54) is 17.2 Å². The summed E-state index contributed by atoms with van der Waals surface area (Å²) in [7, 11) is 0. The summed E-state index contributed by atoms with van der Waals surface area (Å²) in [5, 5.41) is 12.4. The molecule has 0 spiro atoms. The maximum absolute atomic E-state index is 11.9. The number of esters is 1. The molecule has 0 radical (unpaired) electrons. The molecule has 4 aromatic rings. The van der Waals surface area contributed by atoms with Gasteiger partial charge in [0.25, 0.3) is 0 Å². The van der Waals surface area contributed by atoms with Crippen molar-refractivity contribution in [2.75, 3.05) is 0 Å². The number of thiophene rings is 1. The number of nitrogens with one attached hydrogen (secondary N) is 1. The van der Waals surface area contributed by atoms with E-state index in [9.17, 15) is 4.79 Å². The van der Waals surface area contributed by atoms with Crippen molar-refractivity contribution in [2.24, 2.45) is 0 Å². The minimum atomic E-state index is -0.476. The molecular formula is C24H20N2O2S. The second-order valence-corrected chi connectivity index (χ2v) is 7.29. The third kappa shape index (κ3) is 3.77. The van der Waals surface area contributed by atoms with Gasteiger partial charge in [-0.3, -0.25) is 5.10 Å². The van der Waals surface area contributed by atoms with Crippen molar-refractivity contribution < 1.29 is 9.53 Å². The zero-order valence-electron chi connectivity index (χ0n) is 16.0. The molecule has 4 rings (SSSR count). The van der Waals surface area contributed by atoms with Gasteiger partial charge in [-0.25, -0.2) is 4.79 Å². The van der Waals surface area contributed by atoms with Crippen LogP contribution in [0.4, 0.5) is 0 Å². The second kappa shape index (κ2) is 8.29. The Hall–Kier alpha value is -3.44. The third-order valence-electron chi connectivity index (χ3n) is 4.79. The highest BCUT2D eigenvalue weighted by Crippen LogP contribution is 2.39. The number of rotatable bonds is 6. The van der Waals surface area contributed by atoms with E-state index in [2.05, 4.69) is 52.7 Å². The number of H-pyrrole nitrogens is 1.